The predicted octanol–water partition coefficient (Wildman–Crippen LogP) is 1.55. The fourth-order valence-electron chi connectivity index (χ4n) is 1.38. The zero-order chi connectivity index (χ0) is 13.3. The average molecular weight is 258 g/mol. The van der Waals surface area contributed by atoms with Gasteiger partial charge in [0.25, 0.3) is 0 Å². The molecule has 0 fully saturated rings. The van der Waals surface area contributed by atoms with Crippen LogP contribution < -0.4 is 4.74 Å². The fraction of sp³-hybridized carbons (Fsp3) is 0.500. The molecule has 0 saturated heterocycles. The molecule has 0 aliphatic heterocycles. The van der Waals surface area contributed by atoms with E-state index < -0.39 is 21.2 Å². The van der Waals surface area contributed by atoms with E-state index in [2.05, 4.69) is 0 Å². The topological polar surface area (TPSA) is 63.6 Å². The molecular formula is C12H18O4S. The molecule has 1 rings (SSSR count). The van der Waals surface area contributed by atoms with Crippen molar-refractivity contribution < 1.29 is 18.3 Å². The smallest absolute Gasteiger partial charge is 0.189 e. The molecular weight excluding hydrogens is 240 g/mol. The quantitative estimate of drug-likeness (QED) is 0.890. The minimum Gasteiger partial charge on any atom is -0.495 e. The van der Waals surface area contributed by atoms with Crippen LogP contribution in [0, 0.1) is 6.92 Å². The van der Waals surface area contributed by atoms with Gasteiger partial charge in [-0.1, -0.05) is 6.07 Å². The van der Waals surface area contributed by atoms with Gasteiger partial charge in [0.05, 0.1) is 18.5 Å². The highest BCUT2D eigenvalue weighted by Crippen LogP contribution is 2.32. The first-order chi connectivity index (χ1) is 7.76. The molecule has 5 heteroatoms. The number of aliphatic hydroxyl groups excluding tert-OH is 1. The maximum atomic E-state index is 12.4. The maximum Gasteiger partial charge on any atom is 0.189 e. The zero-order valence-electron chi connectivity index (χ0n) is 10.5. The van der Waals surface area contributed by atoms with E-state index >= 15 is 0 Å². The largest absolute Gasteiger partial charge is 0.495 e. The summed E-state index contributed by atoms with van der Waals surface area (Å²) < 4.78 is 28.6. The molecule has 0 aliphatic carbocycles. The summed E-state index contributed by atoms with van der Waals surface area (Å²) in [4.78, 5) is 0.124. The Bertz CT molecular complexity index is 503. The van der Waals surface area contributed by atoms with E-state index in [1.807, 2.05) is 6.92 Å². The van der Waals surface area contributed by atoms with E-state index in [0.29, 0.717) is 5.75 Å². The molecule has 0 atom stereocenters. The summed E-state index contributed by atoms with van der Waals surface area (Å²) in [6.07, 6.45) is 0. The number of hydrogen-bond donors (Lipinski definition) is 1. The van der Waals surface area contributed by atoms with Gasteiger partial charge in [-0.15, -0.1) is 0 Å². The predicted molar refractivity (Wildman–Crippen MR) is 66.1 cm³/mol. The van der Waals surface area contributed by atoms with E-state index in [1.165, 1.54) is 21.0 Å². The van der Waals surface area contributed by atoms with Crippen molar-refractivity contribution in [3.05, 3.63) is 23.8 Å². The highest BCUT2D eigenvalue weighted by Gasteiger charge is 2.37. The van der Waals surface area contributed by atoms with Gasteiger partial charge in [-0.25, -0.2) is 8.42 Å². The number of sulfone groups is 1. The normalized spacial score (nSPS) is 12.5. The van der Waals surface area contributed by atoms with Crippen LogP contribution >= 0.6 is 0 Å². The first-order valence-electron chi connectivity index (χ1n) is 5.26. The highest BCUT2D eigenvalue weighted by molar-refractivity contribution is 7.93. The van der Waals surface area contributed by atoms with Crippen molar-refractivity contribution in [2.24, 2.45) is 0 Å². The van der Waals surface area contributed by atoms with Crippen LogP contribution in [0.3, 0.4) is 0 Å². The van der Waals surface area contributed by atoms with Crippen molar-refractivity contribution in [2.75, 3.05) is 13.7 Å². The van der Waals surface area contributed by atoms with Crippen molar-refractivity contribution in [3.63, 3.8) is 0 Å². The third kappa shape index (κ3) is 2.45. The van der Waals surface area contributed by atoms with Crippen LogP contribution in [-0.4, -0.2) is 32.0 Å². The van der Waals surface area contributed by atoms with E-state index in [4.69, 9.17) is 4.74 Å². The number of benzene rings is 1. The lowest BCUT2D eigenvalue weighted by molar-refractivity contribution is 0.258. The minimum absolute atomic E-state index is 0.124. The van der Waals surface area contributed by atoms with Gasteiger partial charge in [0, 0.05) is 0 Å². The molecule has 0 unspecified atom stereocenters. The molecule has 1 aromatic rings. The van der Waals surface area contributed by atoms with Crippen LogP contribution in [0.15, 0.2) is 23.1 Å². The number of hydrogen-bond acceptors (Lipinski definition) is 4. The molecule has 1 aromatic carbocycles. The molecule has 0 spiro atoms. The van der Waals surface area contributed by atoms with Gasteiger partial charge >= 0.3 is 0 Å². The van der Waals surface area contributed by atoms with Crippen molar-refractivity contribution in [1.29, 1.82) is 0 Å². The molecule has 0 bridgehead atoms. The summed E-state index contributed by atoms with van der Waals surface area (Å²) >= 11 is 0. The van der Waals surface area contributed by atoms with Gasteiger partial charge in [0.2, 0.25) is 0 Å². The van der Waals surface area contributed by atoms with Crippen LogP contribution in [0.2, 0.25) is 0 Å². The lowest BCUT2D eigenvalue weighted by atomic mass is 10.2. The second kappa shape index (κ2) is 4.66. The third-order valence-corrected chi connectivity index (χ3v) is 5.20. The van der Waals surface area contributed by atoms with Gasteiger partial charge < -0.3 is 9.84 Å². The van der Waals surface area contributed by atoms with E-state index in [-0.39, 0.29) is 4.90 Å². The highest BCUT2D eigenvalue weighted by atomic mass is 32.2. The SMILES string of the molecule is COc1ccc(C)cc1S(=O)(=O)C(C)(C)CO. The van der Waals surface area contributed by atoms with Crippen molar-refractivity contribution in [1.82, 2.24) is 0 Å². The Morgan fingerprint density at radius 2 is 1.94 bits per heavy atom. The second-order valence-electron chi connectivity index (χ2n) is 4.58. The number of aliphatic hydroxyl groups is 1. The standard InChI is InChI=1S/C12H18O4S/c1-9-5-6-10(16-4)11(7-9)17(14,15)12(2,3)8-13/h5-7,13H,8H2,1-4H3. The molecule has 96 valence electrons. The van der Waals surface area contributed by atoms with Crippen LogP contribution in [0.4, 0.5) is 0 Å². The Kier molecular flexibility index (Phi) is 3.84. The monoisotopic (exact) mass is 258 g/mol. The van der Waals surface area contributed by atoms with E-state index in [9.17, 15) is 13.5 Å². The molecule has 0 radical (unpaired) electrons. The van der Waals surface area contributed by atoms with Crippen molar-refractivity contribution in [3.8, 4) is 5.75 Å². The molecule has 1 N–H and O–H groups in total. The number of methoxy groups -OCH3 is 1. The molecule has 0 amide bonds. The fourth-order valence-corrected chi connectivity index (χ4v) is 2.90. The Balaban J connectivity index is 3.48. The summed E-state index contributed by atoms with van der Waals surface area (Å²) in [6, 6.07) is 4.96. The first-order valence-corrected chi connectivity index (χ1v) is 6.74. The van der Waals surface area contributed by atoms with Gasteiger partial charge in [0.1, 0.15) is 10.6 Å². The number of ether oxygens (including phenoxy) is 1. The Hall–Kier alpha value is -1.07. The summed E-state index contributed by atoms with van der Waals surface area (Å²) in [5.74, 6) is 0.303. The van der Waals surface area contributed by atoms with Crippen molar-refractivity contribution >= 4 is 9.84 Å². The van der Waals surface area contributed by atoms with Gasteiger partial charge in [-0.3, -0.25) is 0 Å². The minimum atomic E-state index is -3.63. The maximum absolute atomic E-state index is 12.4. The number of rotatable bonds is 4. The lowest BCUT2D eigenvalue weighted by Crippen LogP contribution is -2.36. The molecule has 0 aromatic heterocycles. The summed E-state index contributed by atoms with van der Waals surface area (Å²) in [5.41, 5.74) is 0.832. The Morgan fingerprint density at radius 1 is 1.35 bits per heavy atom. The number of aryl methyl sites for hydroxylation is 1. The summed E-state index contributed by atoms with van der Waals surface area (Å²) in [5, 5.41) is 9.20. The van der Waals surface area contributed by atoms with Gasteiger partial charge in [-0.05, 0) is 38.5 Å². The third-order valence-electron chi connectivity index (χ3n) is 2.72. The van der Waals surface area contributed by atoms with E-state index in [0.717, 1.165) is 5.56 Å². The zero-order valence-corrected chi connectivity index (χ0v) is 11.3. The van der Waals surface area contributed by atoms with Crippen LogP contribution in [-0.2, 0) is 9.84 Å². The molecule has 17 heavy (non-hydrogen) atoms. The van der Waals surface area contributed by atoms with Crippen LogP contribution in [0.1, 0.15) is 19.4 Å². The lowest BCUT2D eigenvalue weighted by Gasteiger charge is -2.23. The van der Waals surface area contributed by atoms with Crippen LogP contribution in [0.25, 0.3) is 0 Å². The second-order valence-corrected chi connectivity index (χ2v) is 7.13. The Labute approximate surface area is 102 Å². The molecule has 0 aliphatic rings. The van der Waals surface area contributed by atoms with Gasteiger partial charge in [0.15, 0.2) is 9.84 Å². The van der Waals surface area contributed by atoms with E-state index in [1.54, 1.807) is 18.2 Å². The molecule has 0 saturated carbocycles. The summed E-state index contributed by atoms with van der Waals surface area (Å²) in [7, 11) is -2.20. The average Bonchev–Trinajstić information content (AvgIpc) is 2.28. The van der Waals surface area contributed by atoms with Gasteiger partial charge in [-0.2, -0.15) is 0 Å². The van der Waals surface area contributed by atoms with Crippen molar-refractivity contribution in [2.45, 2.75) is 30.4 Å². The van der Waals surface area contributed by atoms with Crippen LogP contribution in [0.5, 0.6) is 5.75 Å². The molecule has 4 nitrogen and oxygen atoms in total. The summed E-state index contributed by atoms with van der Waals surface area (Å²) in [6.45, 7) is 4.35. The Morgan fingerprint density at radius 3 is 2.41 bits per heavy atom. The molecule has 0 heterocycles. The first kappa shape index (κ1) is 14.0.